The first kappa shape index (κ1) is 28.3. The van der Waals surface area contributed by atoms with E-state index in [0.717, 1.165) is 55.9 Å². The molecule has 0 unspecified atom stereocenters. The van der Waals surface area contributed by atoms with E-state index in [-0.39, 0.29) is 18.2 Å². The third-order valence-electron chi connectivity index (χ3n) is 5.73. The minimum atomic E-state index is -4.68. The highest BCUT2D eigenvalue weighted by Crippen LogP contribution is 2.31. The molecule has 3 aromatic rings. The molecule has 0 saturated carbocycles. The molecule has 0 spiro atoms. The summed E-state index contributed by atoms with van der Waals surface area (Å²) in [5, 5.41) is 0. The first-order valence-corrected chi connectivity index (χ1v) is 13.5. The smallest absolute Gasteiger partial charge is 0.416 e. The third kappa shape index (κ3) is 8.66. The van der Waals surface area contributed by atoms with Crippen LogP contribution in [0.5, 0.6) is 5.75 Å². The zero-order chi connectivity index (χ0) is 26.9. The largest absolute Gasteiger partial charge is 0.467 e. The first-order chi connectivity index (χ1) is 17.6. The van der Waals surface area contributed by atoms with Gasteiger partial charge in [-0.25, -0.2) is 0 Å². The molecule has 0 saturated heterocycles. The Morgan fingerprint density at radius 2 is 1.68 bits per heavy atom. The molecule has 0 aliphatic carbocycles. The second kappa shape index (κ2) is 12.8. The number of hydrogen-bond acceptors (Lipinski definition) is 5. The van der Waals surface area contributed by atoms with Gasteiger partial charge in [0.25, 0.3) is 0 Å². The Balaban J connectivity index is 1.67. The van der Waals surface area contributed by atoms with Gasteiger partial charge in [-0.2, -0.15) is 21.6 Å². The summed E-state index contributed by atoms with van der Waals surface area (Å²) in [7, 11) is -4.47. The van der Waals surface area contributed by atoms with E-state index in [2.05, 4.69) is 6.92 Å². The maximum atomic E-state index is 13.0. The Morgan fingerprint density at radius 3 is 2.32 bits per heavy atom. The van der Waals surface area contributed by atoms with Crippen molar-refractivity contribution in [1.82, 2.24) is 4.90 Å². The van der Waals surface area contributed by atoms with Crippen molar-refractivity contribution in [1.29, 1.82) is 0 Å². The molecular formula is C27H30F3NO5S. The zero-order valence-corrected chi connectivity index (χ0v) is 21.4. The summed E-state index contributed by atoms with van der Waals surface area (Å²) in [6.45, 7) is 2.70. The highest BCUT2D eigenvalue weighted by Gasteiger charge is 2.32. The van der Waals surface area contributed by atoms with Crippen molar-refractivity contribution in [3.8, 4) is 5.75 Å². The average Bonchev–Trinajstić information content (AvgIpc) is 3.37. The molecule has 0 N–H and O–H groups in total. The number of carbonyl (C=O) groups excluding carboxylic acids is 1. The normalized spacial score (nSPS) is 11.9. The van der Waals surface area contributed by atoms with E-state index >= 15 is 0 Å². The monoisotopic (exact) mass is 537 g/mol. The molecule has 0 fully saturated rings. The molecule has 0 bridgehead atoms. The molecule has 0 aliphatic heterocycles. The van der Waals surface area contributed by atoms with Crippen molar-refractivity contribution >= 4 is 16.0 Å². The van der Waals surface area contributed by atoms with Gasteiger partial charge in [-0.15, -0.1) is 0 Å². The van der Waals surface area contributed by atoms with Gasteiger partial charge >= 0.3 is 16.3 Å². The Bertz CT molecular complexity index is 1240. The molecule has 37 heavy (non-hydrogen) atoms. The lowest BCUT2D eigenvalue weighted by Gasteiger charge is -2.22. The van der Waals surface area contributed by atoms with Crippen molar-refractivity contribution < 1.29 is 35.0 Å². The summed E-state index contributed by atoms with van der Waals surface area (Å²) >= 11 is 0. The van der Waals surface area contributed by atoms with Gasteiger partial charge in [0.05, 0.1) is 18.4 Å². The van der Waals surface area contributed by atoms with Crippen LogP contribution >= 0.6 is 0 Å². The summed E-state index contributed by atoms with van der Waals surface area (Å²) in [4.78, 5) is 14.0. The number of alkyl halides is 3. The number of furan rings is 1. The summed E-state index contributed by atoms with van der Waals surface area (Å²) < 4.78 is 74.4. The molecule has 10 heteroatoms. The fourth-order valence-electron chi connectivity index (χ4n) is 3.73. The van der Waals surface area contributed by atoms with E-state index in [4.69, 9.17) is 8.60 Å². The van der Waals surface area contributed by atoms with Crippen LogP contribution in [0, 0.1) is 0 Å². The van der Waals surface area contributed by atoms with E-state index in [1.165, 1.54) is 12.1 Å². The van der Waals surface area contributed by atoms with Crippen LogP contribution in [-0.4, -0.2) is 19.2 Å². The zero-order valence-electron chi connectivity index (χ0n) is 20.5. The molecule has 2 aromatic carbocycles. The van der Waals surface area contributed by atoms with Gasteiger partial charge in [-0.05, 0) is 54.4 Å². The number of unbranched alkanes of at least 4 members (excludes halogenated alkanes) is 4. The fraction of sp³-hybridized carbons (Fsp3) is 0.370. The van der Waals surface area contributed by atoms with Crippen molar-refractivity contribution in [2.45, 2.75) is 69.6 Å². The van der Waals surface area contributed by atoms with E-state index in [1.807, 2.05) is 0 Å². The van der Waals surface area contributed by atoms with E-state index in [0.29, 0.717) is 24.8 Å². The Morgan fingerprint density at radius 1 is 0.946 bits per heavy atom. The number of benzene rings is 2. The number of rotatable bonds is 13. The van der Waals surface area contributed by atoms with Gasteiger partial charge in [0.2, 0.25) is 5.91 Å². The molecule has 0 atom stereocenters. The molecule has 200 valence electrons. The molecule has 1 aromatic heterocycles. The minimum Gasteiger partial charge on any atom is -0.467 e. The van der Waals surface area contributed by atoms with E-state index in [1.54, 1.807) is 35.4 Å². The number of carbonyl (C=O) groups is 1. The molecule has 0 aliphatic rings. The van der Waals surface area contributed by atoms with Crippen LogP contribution in [0.2, 0.25) is 0 Å². The predicted octanol–water partition coefficient (Wildman–Crippen LogP) is 6.96. The highest BCUT2D eigenvalue weighted by atomic mass is 32.2. The van der Waals surface area contributed by atoms with Crippen LogP contribution < -0.4 is 4.18 Å². The van der Waals surface area contributed by atoms with E-state index in [9.17, 15) is 26.4 Å². The van der Waals surface area contributed by atoms with Crippen molar-refractivity contribution in [3.05, 3.63) is 83.8 Å². The lowest BCUT2D eigenvalue weighted by Crippen LogP contribution is -2.29. The summed E-state index contributed by atoms with van der Waals surface area (Å²) in [6, 6.07) is 12.9. The maximum Gasteiger partial charge on any atom is 0.416 e. The molecule has 6 nitrogen and oxygen atoms in total. The van der Waals surface area contributed by atoms with Crippen molar-refractivity contribution in [3.63, 3.8) is 0 Å². The summed E-state index contributed by atoms with van der Waals surface area (Å²) in [5.74, 6) is 0.577. The third-order valence-corrected chi connectivity index (χ3v) is 6.97. The van der Waals surface area contributed by atoms with Gasteiger partial charge in [-0.3, -0.25) is 4.79 Å². The van der Waals surface area contributed by atoms with Crippen molar-refractivity contribution in [2.24, 2.45) is 0 Å². The van der Waals surface area contributed by atoms with Crippen LogP contribution in [0.15, 0.2) is 76.2 Å². The number of hydrogen-bond donors (Lipinski definition) is 0. The first-order valence-electron chi connectivity index (χ1n) is 12.1. The Kier molecular flexibility index (Phi) is 9.79. The molecule has 1 amide bonds. The quantitative estimate of drug-likeness (QED) is 0.174. The predicted molar refractivity (Wildman–Crippen MR) is 132 cm³/mol. The Labute approximate surface area is 215 Å². The molecule has 3 rings (SSSR count). The van der Waals surface area contributed by atoms with Crippen LogP contribution in [0.4, 0.5) is 13.2 Å². The molecule has 0 radical (unpaired) electrons. The van der Waals surface area contributed by atoms with Gasteiger partial charge in [0.15, 0.2) is 0 Å². The Hall–Kier alpha value is -3.27. The van der Waals surface area contributed by atoms with Gasteiger partial charge in [-0.1, -0.05) is 50.8 Å². The number of amides is 1. The summed E-state index contributed by atoms with van der Waals surface area (Å²) in [5.41, 5.74) is -0.353. The fourth-order valence-corrected chi connectivity index (χ4v) is 4.71. The number of halogens is 3. The summed E-state index contributed by atoms with van der Waals surface area (Å²) in [6.07, 6.45) is 2.42. The lowest BCUT2D eigenvalue weighted by atomic mass is 10.1. The lowest BCUT2D eigenvalue weighted by molar-refractivity contribution is -0.137. The van der Waals surface area contributed by atoms with Crippen LogP contribution in [0.1, 0.15) is 62.3 Å². The molecular weight excluding hydrogens is 507 g/mol. The van der Waals surface area contributed by atoms with Crippen LogP contribution in [-0.2, 0) is 34.2 Å². The average molecular weight is 538 g/mol. The standard InChI is InChI=1S/C27H30F3NO5S/c1-2-3-4-5-6-12-26(32)31(20-24-10-8-17-35-24)19-21-13-15-23(16-14-21)36-37(33,34)25-11-7-9-22(18-25)27(28,29)30/h7-11,13-18H,2-6,12,19-20H2,1H3. The van der Waals surface area contributed by atoms with Gasteiger partial charge < -0.3 is 13.5 Å². The van der Waals surface area contributed by atoms with Crippen LogP contribution in [0.3, 0.4) is 0 Å². The second-order valence-electron chi connectivity index (χ2n) is 8.70. The van der Waals surface area contributed by atoms with Gasteiger partial charge in [0, 0.05) is 13.0 Å². The number of nitrogens with zero attached hydrogens (tertiary/aromatic N) is 1. The van der Waals surface area contributed by atoms with Crippen LogP contribution in [0.25, 0.3) is 0 Å². The minimum absolute atomic E-state index is 0.0136. The highest BCUT2D eigenvalue weighted by molar-refractivity contribution is 7.87. The second-order valence-corrected chi connectivity index (χ2v) is 10.2. The maximum absolute atomic E-state index is 13.0. The van der Waals surface area contributed by atoms with Gasteiger partial charge in [0.1, 0.15) is 16.4 Å². The SMILES string of the molecule is CCCCCCCC(=O)N(Cc1ccc(OS(=O)(=O)c2cccc(C(F)(F)F)c2)cc1)Cc1ccco1. The van der Waals surface area contributed by atoms with E-state index < -0.39 is 26.8 Å². The van der Waals surface area contributed by atoms with Crippen molar-refractivity contribution in [2.75, 3.05) is 0 Å². The molecule has 1 heterocycles. The topological polar surface area (TPSA) is 76.8 Å².